The summed E-state index contributed by atoms with van der Waals surface area (Å²) in [7, 11) is 0. The van der Waals surface area contributed by atoms with Crippen LogP contribution in [0, 0.1) is 0 Å². The Morgan fingerprint density at radius 2 is 2.04 bits per heavy atom. The molecule has 0 radical (unpaired) electrons. The van der Waals surface area contributed by atoms with Crippen LogP contribution in [0.25, 0.3) is 0 Å². The van der Waals surface area contributed by atoms with Crippen LogP contribution >= 0.6 is 15.9 Å². The molecule has 0 aromatic heterocycles. The summed E-state index contributed by atoms with van der Waals surface area (Å²) in [5, 5.41) is 0. The van der Waals surface area contributed by atoms with E-state index in [1.807, 2.05) is 20.8 Å². The van der Waals surface area contributed by atoms with E-state index in [1.165, 1.54) is 6.07 Å². The van der Waals surface area contributed by atoms with Crippen molar-refractivity contribution < 1.29 is 23.0 Å². The fraction of sp³-hybridized carbons (Fsp3) is 0.611. The van der Waals surface area contributed by atoms with E-state index in [4.69, 9.17) is 4.74 Å². The number of benzene rings is 1. The Morgan fingerprint density at radius 1 is 1.35 bits per heavy atom. The fourth-order valence-corrected chi connectivity index (χ4v) is 3.31. The van der Waals surface area contributed by atoms with Gasteiger partial charge in [0.05, 0.1) is 4.47 Å². The van der Waals surface area contributed by atoms with E-state index in [9.17, 15) is 13.6 Å². The quantitative estimate of drug-likeness (QED) is 0.699. The van der Waals surface area contributed by atoms with Gasteiger partial charge in [-0.2, -0.15) is 8.78 Å². The minimum Gasteiger partial charge on any atom is -0.444 e. The van der Waals surface area contributed by atoms with Crippen molar-refractivity contribution in [1.29, 1.82) is 0 Å². The van der Waals surface area contributed by atoms with Gasteiger partial charge in [0.1, 0.15) is 11.4 Å². The van der Waals surface area contributed by atoms with Crippen molar-refractivity contribution in [2.75, 3.05) is 19.6 Å². The lowest BCUT2D eigenvalue weighted by Gasteiger charge is -2.40. The molecule has 8 heteroatoms. The van der Waals surface area contributed by atoms with Crippen LogP contribution in [0.4, 0.5) is 13.6 Å². The number of piperazine rings is 1. The maximum absolute atomic E-state index is 12.3. The average molecular weight is 435 g/mol. The van der Waals surface area contributed by atoms with Gasteiger partial charge >= 0.3 is 12.7 Å². The van der Waals surface area contributed by atoms with E-state index in [2.05, 4.69) is 32.5 Å². The van der Waals surface area contributed by atoms with Crippen LogP contribution < -0.4 is 4.74 Å². The number of hydrogen-bond acceptors (Lipinski definition) is 4. The zero-order chi connectivity index (χ0) is 19.5. The molecule has 26 heavy (non-hydrogen) atoms. The molecule has 0 spiro atoms. The van der Waals surface area contributed by atoms with Gasteiger partial charge in [0, 0.05) is 32.2 Å². The highest BCUT2D eigenvalue weighted by Gasteiger charge is 2.29. The van der Waals surface area contributed by atoms with Gasteiger partial charge in [0.15, 0.2) is 0 Å². The first kappa shape index (κ1) is 20.9. The second-order valence-electron chi connectivity index (χ2n) is 7.39. The topological polar surface area (TPSA) is 42.0 Å². The standard InChI is InChI=1S/C18H25BrF2N2O3/c1-12-10-23(17(24)26-18(2,3)4)8-7-22(12)11-13-5-6-15(14(19)9-13)25-16(20)21/h5-6,9,12,16H,7-8,10-11H2,1-4H3. The molecule has 0 N–H and O–H groups in total. The average Bonchev–Trinajstić information content (AvgIpc) is 2.50. The molecule has 5 nitrogen and oxygen atoms in total. The molecule has 1 heterocycles. The van der Waals surface area contributed by atoms with Gasteiger partial charge in [-0.1, -0.05) is 6.07 Å². The van der Waals surface area contributed by atoms with E-state index in [1.54, 1.807) is 17.0 Å². The van der Waals surface area contributed by atoms with E-state index < -0.39 is 12.2 Å². The first-order chi connectivity index (χ1) is 12.0. The Morgan fingerprint density at radius 3 is 2.58 bits per heavy atom. The van der Waals surface area contributed by atoms with E-state index in [0.717, 1.165) is 5.56 Å². The summed E-state index contributed by atoms with van der Waals surface area (Å²) in [6.07, 6.45) is -0.291. The predicted octanol–water partition coefficient (Wildman–Crippen LogP) is 4.49. The van der Waals surface area contributed by atoms with Gasteiger partial charge in [-0.05, 0) is 61.3 Å². The number of alkyl halides is 2. The van der Waals surface area contributed by atoms with E-state index in [0.29, 0.717) is 30.7 Å². The second-order valence-corrected chi connectivity index (χ2v) is 8.24. The Balaban J connectivity index is 1.94. The van der Waals surface area contributed by atoms with Gasteiger partial charge in [0.25, 0.3) is 0 Å². The second kappa shape index (κ2) is 8.52. The first-order valence-electron chi connectivity index (χ1n) is 8.50. The minimum atomic E-state index is -2.85. The van der Waals surface area contributed by atoms with Crippen molar-refractivity contribution >= 4 is 22.0 Å². The molecule has 1 aliphatic heterocycles. The maximum atomic E-state index is 12.3. The van der Waals surface area contributed by atoms with Crippen molar-refractivity contribution in [3.63, 3.8) is 0 Å². The predicted molar refractivity (Wildman–Crippen MR) is 98.5 cm³/mol. The summed E-state index contributed by atoms with van der Waals surface area (Å²) in [5.74, 6) is 0.117. The number of carbonyl (C=O) groups excluding carboxylic acids is 1. The number of nitrogens with zero attached hydrogens (tertiary/aromatic N) is 2. The van der Waals surface area contributed by atoms with Crippen molar-refractivity contribution in [1.82, 2.24) is 9.80 Å². The summed E-state index contributed by atoms with van der Waals surface area (Å²) < 4.78 is 35.0. The van der Waals surface area contributed by atoms with E-state index in [-0.39, 0.29) is 17.9 Å². The Hall–Kier alpha value is -1.41. The highest BCUT2D eigenvalue weighted by Crippen LogP contribution is 2.28. The van der Waals surface area contributed by atoms with Crippen LogP contribution in [0.15, 0.2) is 22.7 Å². The number of carbonyl (C=O) groups is 1. The molecule has 1 fully saturated rings. The normalized spacial score (nSPS) is 18.9. The van der Waals surface area contributed by atoms with Crippen molar-refractivity contribution in [2.24, 2.45) is 0 Å². The van der Waals surface area contributed by atoms with Gasteiger partial charge in [-0.15, -0.1) is 0 Å². The molecule has 1 aromatic carbocycles. The summed E-state index contributed by atoms with van der Waals surface area (Å²) >= 11 is 3.27. The van der Waals surface area contributed by atoms with Gasteiger partial charge in [-0.3, -0.25) is 4.90 Å². The molecule has 1 atom stereocenters. The summed E-state index contributed by atoms with van der Waals surface area (Å²) in [6.45, 7) is 7.31. The number of ether oxygens (including phenoxy) is 2. The van der Waals surface area contributed by atoms with Crippen LogP contribution in [-0.4, -0.2) is 53.8 Å². The Labute approximate surface area is 161 Å². The molecule has 2 rings (SSSR count). The van der Waals surface area contributed by atoms with Crippen molar-refractivity contribution in [3.05, 3.63) is 28.2 Å². The largest absolute Gasteiger partial charge is 0.444 e. The number of hydrogen-bond donors (Lipinski definition) is 0. The lowest BCUT2D eigenvalue weighted by atomic mass is 10.1. The molecule has 1 aromatic rings. The minimum absolute atomic E-state index is 0.117. The van der Waals surface area contributed by atoms with Crippen LogP contribution in [0.1, 0.15) is 33.3 Å². The van der Waals surface area contributed by atoms with Gasteiger partial charge in [0.2, 0.25) is 0 Å². The highest BCUT2D eigenvalue weighted by molar-refractivity contribution is 9.10. The zero-order valence-corrected chi connectivity index (χ0v) is 17.1. The molecule has 1 saturated heterocycles. The summed E-state index contributed by atoms with van der Waals surface area (Å²) in [5.41, 5.74) is 0.474. The third-order valence-electron chi connectivity index (χ3n) is 4.01. The van der Waals surface area contributed by atoms with Gasteiger partial charge in [-0.25, -0.2) is 4.79 Å². The molecule has 1 aliphatic rings. The smallest absolute Gasteiger partial charge is 0.410 e. The number of halogens is 3. The van der Waals surface area contributed by atoms with Crippen LogP contribution in [0.2, 0.25) is 0 Å². The number of rotatable bonds is 4. The lowest BCUT2D eigenvalue weighted by Crippen LogP contribution is -2.54. The summed E-state index contributed by atoms with van der Waals surface area (Å²) in [6, 6.07) is 5.25. The summed E-state index contributed by atoms with van der Waals surface area (Å²) in [4.78, 5) is 16.2. The molecule has 0 aliphatic carbocycles. The molecule has 1 unspecified atom stereocenters. The van der Waals surface area contributed by atoms with Crippen LogP contribution in [0.3, 0.4) is 0 Å². The molecular weight excluding hydrogens is 410 g/mol. The third kappa shape index (κ3) is 6.09. The highest BCUT2D eigenvalue weighted by atomic mass is 79.9. The number of amides is 1. The first-order valence-corrected chi connectivity index (χ1v) is 9.29. The van der Waals surface area contributed by atoms with Gasteiger partial charge < -0.3 is 14.4 Å². The van der Waals surface area contributed by atoms with Crippen molar-refractivity contribution in [2.45, 2.75) is 52.5 Å². The molecule has 0 bridgehead atoms. The SMILES string of the molecule is CC1CN(C(=O)OC(C)(C)C)CCN1Cc1ccc(OC(F)F)c(Br)c1. The Bertz CT molecular complexity index is 637. The van der Waals surface area contributed by atoms with Crippen LogP contribution in [0.5, 0.6) is 5.75 Å². The molecular formula is C18H25BrF2N2O3. The molecule has 1 amide bonds. The zero-order valence-electron chi connectivity index (χ0n) is 15.5. The Kier molecular flexibility index (Phi) is 6.85. The molecule has 0 saturated carbocycles. The maximum Gasteiger partial charge on any atom is 0.410 e. The van der Waals surface area contributed by atoms with Crippen molar-refractivity contribution in [3.8, 4) is 5.75 Å². The van der Waals surface area contributed by atoms with Crippen LogP contribution in [-0.2, 0) is 11.3 Å². The van der Waals surface area contributed by atoms with E-state index >= 15 is 0 Å². The lowest BCUT2D eigenvalue weighted by molar-refractivity contribution is -0.0504. The monoisotopic (exact) mass is 434 g/mol. The third-order valence-corrected chi connectivity index (χ3v) is 4.63. The molecule has 146 valence electrons. The fourth-order valence-electron chi connectivity index (χ4n) is 2.79.